The van der Waals surface area contributed by atoms with E-state index in [9.17, 15) is 4.79 Å². The Labute approximate surface area is 102 Å². The molecule has 0 saturated heterocycles. The molecule has 3 N–H and O–H groups in total. The summed E-state index contributed by atoms with van der Waals surface area (Å²) < 4.78 is 0. The number of amides is 1. The number of benzene rings is 1. The molecular formula is C14H18N2O. The van der Waals surface area contributed by atoms with E-state index in [0.29, 0.717) is 18.7 Å². The zero-order chi connectivity index (χ0) is 12.7. The molecule has 0 radical (unpaired) electrons. The minimum absolute atomic E-state index is 0.0723. The Hall–Kier alpha value is -1.79. The second-order valence-electron chi connectivity index (χ2n) is 3.81. The van der Waals surface area contributed by atoms with Gasteiger partial charge in [-0.05, 0) is 25.5 Å². The SMILES string of the molecule is CCCNC(=O)c1cc(C)ccc1C#CCN. The van der Waals surface area contributed by atoms with Crippen molar-refractivity contribution in [1.29, 1.82) is 0 Å². The van der Waals surface area contributed by atoms with Crippen LogP contribution in [0.3, 0.4) is 0 Å². The molecule has 3 nitrogen and oxygen atoms in total. The molecular weight excluding hydrogens is 212 g/mol. The monoisotopic (exact) mass is 230 g/mol. The van der Waals surface area contributed by atoms with Crippen LogP contribution in [0, 0.1) is 18.8 Å². The molecule has 0 bridgehead atoms. The van der Waals surface area contributed by atoms with Crippen LogP contribution in [-0.2, 0) is 0 Å². The molecule has 0 fully saturated rings. The third-order valence-corrected chi connectivity index (χ3v) is 2.28. The standard InChI is InChI=1S/C14H18N2O/c1-3-9-16-14(17)13-10-11(2)6-7-12(13)5-4-8-15/h6-7,10H,3,8-9,15H2,1-2H3,(H,16,17). The van der Waals surface area contributed by atoms with Gasteiger partial charge in [0.2, 0.25) is 0 Å². The van der Waals surface area contributed by atoms with Crippen LogP contribution in [-0.4, -0.2) is 19.0 Å². The van der Waals surface area contributed by atoms with Crippen molar-refractivity contribution in [3.05, 3.63) is 34.9 Å². The van der Waals surface area contributed by atoms with Gasteiger partial charge in [-0.15, -0.1) is 0 Å². The van der Waals surface area contributed by atoms with Crippen molar-refractivity contribution >= 4 is 5.91 Å². The van der Waals surface area contributed by atoms with Gasteiger partial charge < -0.3 is 11.1 Å². The molecule has 0 atom stereocenters. The van der Waals surface area contributed by atoms with Crippen LogP contribution in [0.15, 0.2) is 18.2 Å². The predicted octanol–water partition coefficient (Wildman–Crippen LogP) is 1.45. The molecule has 0 heterocycles. The van der Waals surface area contributed by atoms with Gasteiger partial charge in [0, 0.05) is 12.1 Å². The van der Waals surface area contributed by atoms with E-state index in [4.69, 9.17) is 5.73 Å². The summed E-state index contributed by atoms with van der Waals surface area (Å²) in [4.78, 5) is 11.9. The van der Waals surface area contributed by atoms with E-state index in [1.165, 1.54) is 0 Å². The maximum Gasteiger partial charge on any atom is 0.252 e. The van der Waals surface area contributed by atoms with Crippen LogP contribution in [0.25, 0.3) is 0 Å². The number of carbonyl (C=O) groups excluding carboxylic acids is 1. The lowest BCUT2D eigenvalue weighted by Crippen LogP contribution is -2.24. The van der Waals surface area contributed by atoms with Gasteiger partial charge in [0.15, 0.2) is 0 Å². The summed E-state index contributed by atoms with van der Waals surface area (Å²) >= 11 is 0. The van der Waals surface area contributed by atoms with Gasteiger partial charge in [-0.2, -0.15) is 0 Å². The van der Waals surface area contributed by atoms with E-state index in [2.05, 4.69) is 17.2 Å². The molecule has 0 aromatic heterocycles. The summed E-state index contributed by atoms with van der Waals surface area (Å²) in [6.07, 6.45) is 0.918. The van der Waals surface area contributed by atoms with Crippen molar-refractivity contribution in [2.24, 2.45) is 5.73 Å². The molecule has 17 heavy (non-hydrogen) atoms. The quantitative estimate of drug-likeness (QED) is 0.772. The first-order chi connectivity index (χ1) is 8.19. The zero-order valence-electron chi connectivity index (χ0n) is 10.3. The number of aryl methyl sites for hydroxylation is 1. The van der Waals surface area contributed by atoms with E-state index in [1.54, 1.807) is 0 Å². The molecule has 3 heteroatoms. The fraction of sp³-hybridized carbons (Fsp3) is 0.357. The van der Waals surface area contributed by atoms with E-state index in [-0.39, 0.29) is 5.91 Å². The van der Waals surface area contributed by atoms with Crippen molar-refractivity contribution in [2.45, 2.75) is 20.3 Å². The van der Waals surface area contributed by atoms with Crippen LogP contribution >= 0.6 is 0 Å². The maximum absolute atomic E-state index is 11.9. The lowest BCUT2D eigenvalue weighted by molar-refractivity contribution is 0.0953. The topological polar surface area (TPSA) is 55.1 Å². The molecule has 1 aromatic rings. The normalized spacial score (nSPS) is 9.35. The minimum Gasteiger partial charge on any atom is -0.352 e. The molecule has 1 aromatic carbocycles. The van der Waals surface area contributed by atoms with Crippen LogP contribution in [0.5, 0.6) is 0 Å². The summed E-state index contributed by atoms with van der Waals surface area (Å²) in [5, 5.41) is 2.85. The molecule has 0 saturated carbocycles. The van der Waals surface area contributed by atoms with Gasteiger partial charge in [-0.1, -0.05) is 30.4 Å². The van der Waals surface area contributed by atoms with Crippen LogP contribution in [0.2, 0.25) is 0 Å². The average molecular weight is 230 g/mol. The molecule has 0 unspecified atom stereocenters. The van der Waals surface area contributed by atoms with Gasteiger partial charge in [0.1, 0.15) is 0 Å². The number of carbonyl (C=O) groups is 1. The highest BCUT2D eigenvalue weighted by atomic mass is 16.1. The second kappa shape index (κ2) is 6.72. The Kier molecular flexibility index (Phi) is 5.25. The Morgan fingerprint density at radius 1 is 1.47 bits per heavy atom. The van der Waals surface area contributed by atoms with Crippen LogP contribution in [0.1, 0.15) is 34.8 Å². The number of hydrogen-bond donors (Lipinski definition) is 2. The number of rotatable bonds is 3. The highest BCUT2D eigenvalue weighted by molar-refractivity contribution is 5.96. The zero-order valence-corrected chi connectivity index (χ0v) is 10.3. The van der Waals surface area contributed by atoms with Gasteiger partial charge in [-0.25, -0.2) is 0 Å². The van der Waals surface area contributed by atoms with Crippen molar-refractivity contribution in [2.75, 3.05) is 13.1 Å². The van der Waals surface area contributed by atoms with Gasteiger partial charge >= 0.3 is 0 Å². The predicted molar refractivity (Wildman–Crippen MR) is 69.7 cm³/mol. The molecule has 0 aliphatic heterocycles. The summed E-state index contributed by atoms with van der Waals surface area (Å²) in [6, 6.07) is 5.65. The van der Waals surface area contributed by atoms with Crippen molar-refractivity contribution < 1.29 is 4.79 Å². The Bertz CT molecular complexity index is 455. The first-order valence-electron chi connectivity index (χ1n) is 5.76. The highest BCUT2D eigenvalue weighted by Crippen LogP contribution is 2.10. The third kappa shape index (κ3) is 3.93. The Balaban J connectivity index is 3.02. The molecule has 0 spiro atoms. The molecule has 0 aliphatic carbocycles. The van der Waals surface area contributed by atoms with Crippen LogP contribution in [0.4, 0.5) is 0 Å². The van der Waals surface area contributed by atoms with Crippen LogP contribution < -0.4 is 11.1 Å². The molecule has 1 amide bonds. The third-order valence-electron chi connectivity index (χ3n) is 2.28. The van der Waals surface area contributed by atoms with Crippen molar-refractivity contribution in [3.63, 3.8) is 0 Å². The average Bonchev–Trinajstić information content (AvgIpc) is 2.34. The largest absolute Gasteiger partial charge is 0.352 e. The second-order valence-corrected chi connectivity index (χ2v) is 3.81. The van der Waals surface area contributed by atoms with Gasteiger partial charge in [-0.3, -0.25) is 4.79 Å². The lowest BCUT2D eigenvalue weighted by atomic mass is 10.0. The van der Waals surface area contributed by atoms with E-state index >= 15 is 0 Å². The Morgan fingerprint density at radius 2 is 2.24 bits per heavy atom. The molecule has 1 rings (SSSR count). The summed E-state index contributed by atoms with van der Waals surface area (Å²) in [6.45, 7) is 4.95. The van der Waals surface area contributed by atoms with E-state index in [0.717, 1.165) is 17.5 Å². The first kappa shape index (κ1) is 13.3. The smallest absolute Gasteiger partial charge is 0.252 e. The van der Waals surface area contributed by atoms with Gasteiger partial charge in [0.05, 0.1) is 12.1 Å². The highest BCUT2D eigenvalue weighted by Gasteiger charge is 2.09. The molecule has 90 valence electrons. The minimum atomic E-state index is -0.0723. The summed E-state index contributed by atoms with van der Waals surface area (Å²) in [5.41, 5.74) is 7.74. The number of hydrogen-bond acceptors (Lipinski definition) is 2. The van der Waals surface area contributed by atoms with Gasteiger partial charge in [0.25, 0.3) is 5.91 Å². The maximum atomic E-state index is 11.9. The Morgan fingerprint density at radius 3 is 2.88 bits per heavy atom. The number of nitrogens with two attached hydrogens (primary N) is 1. The van der Waals surface area contributed by atoms with Crippen molar-refractivity contribution in [1.82, 2.24) is 5.32 Å². The summed E-state index contributed by atoms with van der Waals surface area (Å²) in [7, 11) is 0. The van der Waals surface area contributed by atoms with E-state index < -0.39 is 0 Å². The first-order valence-corrected chi connectivity index (χ1v) is 5.76. The fourth-order valence-electron chi connectivity index (χ4n) is 1.43. The summed E-state index contributed by atoms with van der Waals surface area (Å²) in [5.74, 6) is 5.62. The van der Waals surface area contributed by atoms with E-state index in [1.807, 2.05) is 32.0 Å². The lowest BCUT2D eigenvalue weighted by Gasteiger charge is -2.06. The molecule has 0 aliphatic rings. The fourth-order valence-corrected chi connectivity index (χ4v) is 1.43. The number of nitrogens with one attached hydrogen (secondary N) is 1. The van der Waals surface area contributed by atoms with Crippen molar-refractivity contribution in [3.8, 4) is 11.8 Å².